The van der Waals surface area contributed by atoms with Gasteiger partial charge in [0.2, 0.25) is 11.8 Å². The lowest BCUT2D eigenvalue weighted by atomic mass is 10.0. The molecule has 0 aliphatic heterocycles. The molecule has 0 saturated heterocycles. The molecule has 6 heteroatoms. The number of aryl methyl sites for hydroxylation is 1. The molecule has 0 heterocycles. The quantitative estimate of drug-likeness (QED) is 0.303. The van der Waals surface area contributed by atoms with Crippen molar-refractivity contribution in [3.63, 3.8) is 0 Å². The summed E-state index contributed by atoms with van der Waals surface area (Å²) in [6.45, 7) is 5.02. The van der Waals surface area contributed by atoms with Crippen molar-refractivity contribution in [2.75, 3.05) is 6.54 Å². The molecule has 0 aliphatic carbocycles. The van der Waals surface area contributed by atoms with Gasteiger partial charge in [-0.05, 0) is 47.7 Å². The molecule has 1 N–H and O–H groups in total. The largest absolute Gasteiger partial charge is 0.354 e. The summed E-state index contributed by atoms with van der Waals surface area (Å²) < 4.78 is 0. The van der Waals surface area contributed by atoms with Crippen LogP contribution in [0.3, 0.4) is 0 Å². The second-order valence-electron chi connectivity index (χ2n) is 8.72. The number of carbonyl (C=O) groups is 2. The number of hydrogen-bond donors (Lipinski definition) is 1. The molecule has 0 fully saturated rings. The Morgan fingerprint density at radius 2 is 1.63 bits per heavy atom. The van der Waals surface area contributed by atoms with E-state index in [2.05, 4.69) is 12.2 Å². The van der Waals surface area contributed by atoms with Crippen molar-refractivity contribution in [3.05, 3.63) is 105 Å². The van der Waals surface area contributed by atoms with Gasteiger partial charge in [0.15, 0.2) is 0 Å². The summed E-state index contributed by atoms with van der Waals surface area (Å²) in [4.78, 5) is 28.9. The van der Waals surface area contributed by atoms with Crippen molar-refractivity contribution in [1.82, 2.24) is 10.2 Å². The lowest BCUT2D eigenvalue weighted by Gasteiger charge is -2.32. The van der Waals surface area contributed by atoms with Gasteiger partial charge in [-0.15, -0.1) is 0 Å². The fourth-order valence-electron chi connectivity index (χ4n) is 3.96. The Balaban J connectivity index is 1.96. The highest BCUT2D eigenvalue weighted by molar-refractivity contribution is 6.42. The Morgan fingerprint density at radius 1 is 0.914 bits per heavy atom. The zero-order valence-corrected chi connectivity index (χ0v) is 21.8. The molecule has 0 aliphatic rings. The minimum atomic E-state index is -0.649. The van der Waals surface area contributed by atoms with Gasteiger partial charge in [-0.1, -0.05) is 97.2 Å². The fourth-order valence-corrected chi connectivity index (χ4v) is 4.28. The first-order valence-electron chi connectivity index (χ1n) is 12.0. The van der Waals surface area contributed by atoms with E-state index in [1.807, 2.05) is 61.5 Å². The minimum absolute atomic E-state index is 0.121. The van der Waals surface area contributed by atoms with Gasteiger partial charge >= 0.3 is 0 Å². The van der Waals surface area contributed by atoms with Gasteiger partial charge in [0.05, 0.1) is 16.5 Å². The van der Waals surface area contributed by atoms with Crippen LogP contribution in [0, 0.1) is 6.92 Å². The zero-order chi connectivity index (χ0) is 25.2. The van der Waals surface area contributed by atoms with Crippen LogP contribution in [0.25, 0.3) is 0 Å². The van der Waals surface area contributed by atoms with Gasteiger partial charge in [0.1, 0.15) is 6.04 Å². The smallest absolute Gasteiger partial charge is 0.243 e. The van der Waals surface area contributed by atoms with E-state index in [-0.39, 0.29) is 18.2 Å². The third-order valence-corrected chi connectivity index (χ3v) is 6.78. The molecule has 0 unspecified atom stereocenters. The van der Waals surface area contributed by atoms with Gasteiger partial charge < -0.3 is 10.2 Å². The van der Waals surface area contributed by atoms with Gasteiger partial charge in [-0.25, -0.2) is 0 Å². The minimum Gasteiger partial charge on any atom is -0.354 e. The van der Waals surface area contributed by atoms with E-state index in [4.69, 9.17) is 23.2 Å². The van der Waals surface area contributed by atoms with Crippen LogP contribution in [0.1, 0.15) is 42.0 Å². The van der Waals surface area contributed by atoms with Crippen molar-refractivity contribution >= 4 is 35.0 Å². The number of nitrogens with one attached hydrogen (secondary N) is 1. The van der Waals surface area contributed by atoms with Crippen molar-refractivity contribution in [2.24, 2.45) is 0 Å². The molecular weight excluding hydrogens is 479 g/mol. The van der Waals surface area contributed by atoms with Crippen LogP contribution in [0.5, 0.6) is 0 Å². The molecule has 4 nitrogen and oxygen atoms in total. The third-order valence-electron chi connectivity index (χ3n) is 6.04. The molecule has 3 aromatic carbocycles. The first kappa shape index (κ1) is 26.8. The number of hydrogen-bond acceptors (Lipinski definition) is 2. The SMILES string of the molecule is CCCCNC(=O)[C@H](Cc1ccccc1)N(Cc1ccccc1C)C(=O)Cc1ccc(Cl)c(Cl)c1. The van der Waals surface area contributed by atoms with E-state index in [9.17, 15) is 9.59 Å². The molecule has 1 atom stereocenters. The number of amides is 2. The lowest BCUT2D eigenvalue weighted by Crippen LogP contribution is -2.51. The van der Waals surface area contributed by atoms with Gasteiger partial charge in [0.25, 0.3) is 0 Å². The van der Waals surface area contributed by atoms with E-state index in [0.717, 1.165) is 35.1 Å². The van der Waals surface area contributed by atoms with Crippen LogP contribution in [0.4, 0.5) is 0 Å². The number of nitrogens with zero attached hydrogens (tertiary/aromatic N) is 1. The van der Waals surface area contributed by atoms with E-state index in [1.54, 1.807) is 23.1 Å². The summed E-state index contributed by atoms with van der Waals surface area (Å²) in [5.41, 5.74) is 3.84. The molecule has 0 aromatic heterocycles. The predicted octanol–water partition coefficient (Wildman–Crippen LogP) is 6.40. The van der Waals surface area contributed by atoms with Crippen LogP contribution < -0.4 is 5.32 Å². The van der Waals surface area contributed by atoms with Gasteiger partial charge in [-0.2, -0.15) is 0 Å². The Kier molecular flexibility index (Phi) is 10.2. The zero-order valence-electron chi connectivity index (χ0n) is 20.3. The molecule has 3 aromatic rings. The monoisotopic (exact) mass is 510 g/mol. The highest BCUT2D eigenvalue weighted by Crippen LogP contribution is 2.24. The Morgan fingerprint density at radius 3 is 2.31 bits per heavy atom. The summed E-state index contributed by atoms with van der Waals surface area (Å²) in [6, 6.07) is 22.3. The molecule has 0 spiro atoms. The number of halogens is 2. The van der Waals surface area contributed by atoms with Gasteiger partial charge in [0, 0.05) is 19.5 Å². The maximum absolute atomic E-state index is 13.8. The second kappa shape index (κ2) is 13.3. The fraction of sp³-hybridized carbons (Fsp3) is 0.310. The van der Waals surface area contributed by atoms with E-state index in [1.165, 1.54) is 0 Å². The highest BCUT2D eigenvalue weighted by Gasteiger charge is 2.30. The maximum Gasteiger partial charge on any atom is 0.243 e. The maximum atomic E-state index is 13.8. The molecule has 3 rings (SSSR count). The average Bonchev–Trinajstić information content (AvgIpc) is 2.85. The Labute approximate surface area is 218 Å². The number of benzene rings is 3. The van der Waals surface area contributed by atoms with Crippen molar-refractivity contribution in [3.8, 4) is 0 Å². The lowest BCUT2D eigenvalue weighted by molar-refractivity contribution is -0.140. The van der Waals surface area contributed by atoms with Gasteiger partial charge in [-0.3, -0.25) is 9.59 Å². The molecule has 0 radical (unpaired) electrons. The van der Waals surface area contributed by atoms with E-state index >= 15 is 0 Å². The normalized spacial score (nSPS) is 11.7. The van der Waals surface area contributed by atoms with Crippen molar-refractivity contribution < 1.29 is 9.59 Å². The highest BCUT2D eigenvalue weighted by atomic mass is 35.5. The van der Waals surface area contributed by atoms with Crippen LogP contribution in [-0.4, -0.2) is 29.3 Å². The van der Waals surface area contributed by atoms with Crippen molar-refractivity contribution in [1.29, 1.82) is 0 Å². The van der Waals surface area contributed by atoms with Crippen LogP contribution >= 0.6 is 23.2 Å². The average molecular weight is 511 g/mol. The summed E-state index contributed by atoms with van der Waals surface area (Å²) >= 11 is 12.3. The molecule has 0 saturated carbocycles. The standard InChI is InChI=1S/C29H32Cl2N2O2/c1-3-4-16-32-29(35)27(18-22-11-6-5-7-12-22)33(20-24-13-9-8-10-21(24)2)28(34)19-23-14-15-25(30)26(31)17-23/h5-15,17,27H,3-4,16,18-20H2,1-2H3,(H,32,35)/t27-/m0/s1. The van der Waals surface area contributed by atoms with E-state index in [0.29, 0.717) is 29.6 Å². The Hall–Kier alpha value is -2.82. The second-order valence-corrected chi connectivity index (χ2v) is 9.54. The first-order chi connectivity index (χ1) is 16.9. The Bertz CT molecular complexity index is 1130. The first-order valence-corrected chi connectivity index (χ1v) is 12.7. The molecule has 2 amide bonds. The predicted molar refractivity (Wildman–Crippen MR) is 144 cm³/mol. The summed E-state index contributed by atoms with van der Waals surface area (Å²) in [5.74, 6) is -0.281. The molecule has 184 valence electrons. The molecular formula is C29H32Cl2N2O2. The summed E-state index contributed by atoms with van der Waals surface area (Å²) in [7, 11) is 0. The summed E-state index contributed by atoms with van der Waals surface area (Å²) in [6.07, 6.45) is 2.42. The summed E-state index contributed by atoms with van der Waals surface area (Å²) in [5, 5.41) is 3.89. The number of unbranched alkanes of at least 4 members (excludes halogenated alkanes) is 1. The number of carbonyl (C=O) groups excluding carboxylic acids is 2. The topological polar surface area (TPSA) is 49.4 Å². The third kappa shape index (κ3) is 7.84. The molecule has 35 heavy (non-hydrogen) atoms. The van der Waals surface area contributed by atoms with Crippen LogP contribution in [0.2, 0.25) is 10.0 Å². The molecule has 0 bridgehead atoms. The number of rotatable bonds is 11. The van der Waals surface area contributed by atoms with Crippen LogP contribution in [-0.2, 0) is 29.0 Å². The van der Waals surface area contributed by atoms with E-state index < -0.39 is 6.04 Å². The van der Waals surface area contributed by atoms with Crippen molar-refractivity contribution in [2.45, 2.75) is 52.1 Å². The van der Waals surface area contributed by atoms with Crippen LogP contribution in [0.15, 0.2) is 72.8 Å².